The van der Waals surface area contributed by atoms with Crippen LogP contribution < -0.4 is 9.88 Å². The van der Waals surface area contributed by atoms with Crippen molar-refractivity contribution >= 4 is 5.91 Å². The number of carbonyl (C=O) groups is 1. The number of H-pyrrole nitrogens is 1. The molecule has 0 fully saturated rings. The maximum Gasteiger partial charge on any atom is 0.251 e. The summed E-state index contributed by atoms with van der Waals surface area (Å²) in [6.45, 7) is 1.47. The zero-order valence-corrected chi connectivity index (χ0v) is 17.2. The van der Waals surface area contributed by atoms with Gasteiger partial charge in [-0.2, -0.15) is 0 Å². The van der Waals surface area contributed by atoms with E-state index in [4.69, 9.17) is 0 Å². The number of hydrogen-bond donors (Lipinski definition) is 2. The molecule has 0 aliphatic rings. The van der Waals surface area contributed by atoms with Crippen LogP contribution in [0.4, 0.5) is 0 Å². The predicted octanol–water partition coefficient (Wildman–Crippen LogP) is 4.19. The van der Waals surface area contributed by atoms with Crippen LogP contribution in [0.1, 0.15) is 27.9 Å². The highest BCUT2D eigenvalue weighted by atomic mass is 16.1. The Kier molecular flexibility index (Phi) is 6.57. The van der Waals surface area contributed by atoms with E-state index in [0.29, 0.717) is 12.1 Å². The highest BCUT2D eigenvalue weighted by Crippen LogP contribution is 2.24. The molecule has 0 unspecified atom stereocenters. The first-order valence-corrected chi connectivity index (χ1v) is 10.4. The molecule has 0 atom stereocenters. The molecule has 1 amide bonds. The van der Waals surface area contributed by atoms with Gasteiger partial charge in [-0.3, -0.25) is 9.78 Å². The van der Waals surface area contributed by atoms with Gasteiger partial charge in [-0.15, -0.1) is 0 Å². The van der Waals surface area contributed by atoms with E-state index >= 15 is 0 Å². The number of aromatic nitrogens is 2. The molecular weight excluding hydrogens is 382 g/mol. The van der Waals surface area contributed by atoms with Gasteiger partial charge in [0.05, 0.1) is 6.54 Å². The van der Waals surface area contributed by atoms with Crippen LogP contribution in [0.15, 0.2) is 97.6 Å². The quantitative estimate of drug-likeness (QED) is 0.282. The van der Waals surface area contributed by atoms with Gasteiger partial charge in [0.25, 0.3) is 5.91 Å². The molecule has 0 aliphatic carbocycles. The molecule has 4 nitrogen and oxygen atoms in total. The Bertz CT molecular complexity index is 1190. The van der Waals surface area contributed by atoms with Gasteiger partial charge >= 0.3 is 0 Å². The number of carbonyl (C=O) groups excluding carboxylic acids is 1. The second-order valence-electron chi connectivity index (χ2n) is 7.20. The van der Waals surface area contributed by atoms with Crippen molar-refractivity contribution in [1.82, 2.24) is 10.3 Å². The van der Waals surface area contributed by atoms with E-state index < -0.39 is 0 Å². The third kappa shape index (κ3) is 5.49. The Labute approximate surface area is 182 Å². The van der Waals surface area contributed by atoms with E-state index in [1.807, 2.05) is 85.5 Å². The molecule has 3 aromatic carbocycles. The number of imidazole rings is 1. The number of hydrogen-bond acceptors (Lipinski definition) is 1. The standard InChI is InChI=1S/C27H23N3O/c31-27(29-16-7-18-30-19-17-28-21-30)25-14-15-26(23-10-5-2-6-11-23)24(20-25)13-12-22-8-3-1-4-9-22/h1-6,8-11,14-15,17,19-21H,7,16,18H2,(H,29,31)/p+1. The molecule has 4 heteroatoms. The minimum absolute atomic E-state index is 0.0820. The van der Waals surface area contributed by atoms with Crippen LogP contribution >= 0.6 is 0 Å². The van der Waals surface area contributed by atoms with Crippen molar-refractivity contribution in [3.63, 3.8) is 0 Å². The Balaban J connectivity index is 1.53. The summed E-state index contributed by atoms with van der Waals surface area (Å²) in [6, 6.07) is 25.7. The molecule has 0 bridgehead atoms. The fraction of sp³-hybridized carbons (Fsp3) is 0.111. The average molecular weight is 407 g/mol. The molecule has 2 N–H and O–H groups in total. The van der Waals surface area contributed by atoms with Crippen LogP contribution in [-0.4, -0.2) is 17.4 Å². The molecule has 0 aliphatic heterocycles. The predicted molar refractivity (Wildman–Crippen MR) is 122 cm³/mol. The van der Waals surface area contributed by atoms with Crippen molar-refractivity contribution in [2.24, 2.45) is 0 Å². The van der Waals surface area contributed by atoms with Gasteiger partial charge in [-0.25, -0.2) is 4.57 Å². The van der Waals surface area contributed by atoms with Crippen molar-refractivity contribution in [1.29, 1.82) is 0 Å². The minimum Gasteiger partial charge on any atom is -0.352 e. The van der Waals surface area contributed by atoms with Gasteiger partial charge in [-0.05, 0) is 35.4 Å². The van der Waals surface area contributed by atoms with Crippen molar-refractivity contribution < 1.29 is 9.36 Å². The number of rotatable bonds is 6. The Morgan fingerprint density at radius 2 is 1.71 bits per heavy atom. The first-order chi connectivity index (χ1) is 15.3. The molecule has 0 saturated carbocycles. The smallest absolute Gasteiger partial charge is 0.251 e. The van der Waals surface area contributed by atoms with Gasteiger partial charge in [0.15, 0.2) is 0 Å². The summed E-state index contributed by atoms with van der Waals surface area (Å²) in [5.74, 6) is 6.41. The lowest BCUT2D eigenvalue weighted by molar-refractivity contribution is -0.695. The highest BCUT2D eigenvalue weighted by Gasteiger charge is 2.10. The number of benzene rings is 3. The summed E-state index contributed by atoms with van der Waals surface area (Å²) in [5.41, 5.74) is 4.50. The summed E-state index contributed by atoms with van der Waals surface area (Å²) in [6.07, 6.45) is 6.62. The summed E-state index contributed by atoms with van der Waals surface area (Å²) >= 11 is 0. The number of aryl methyl sites for hydroxylation is 1. The Morgan fingerprint density at radius 3 is 2.45 bits per heavy atom. The Morgan fingerprint density at radius 1 is 0.935 bits per heavy atom. The van der Waals surface area contributed by atoms with E-state index in [-0.39, 0.29) is 5.91 Å². The van der Waals surface area contributed by atoms with E-state index in [9.17, 15) is 4.79 Å². The topological polar surface area (TPSA) is 48.8 Å². The lowest BCUT2D eigenvalue weighted by Crippen LogP contribution is -2.33. The number of nitrogens with one attached hydrogen (secondary N) is 2. The van der Waals surface area contributed by atoms with Crippen molar-refractivity contribution in [2.45, 2.75) is 13.0 Å². The van der Waals surface area contributed by atoms with Crippen LogP contribution in [0.2, 0.25) is 0 Å². The number of nitrogens with zero attached hydrogens (tertiary/aromatic N) is 1. The molecule has 4 aromatic rings. The number of aromatic amines is 1. The molecule has 0 saturated heterocycles. The summed E-state index contributed by atoms with van der Waals surface area (Å²) in [5, 5.41) is 3.01. The Hall–Kier alpha value is -4.10. The average Bonchev–Trinajstić information content (AvgIpc) is 3.35. The SMILES string of the molecule is O=C(NCCC[n+]1cc[nH]c1)c1ccc(-c2ccccc2)c(C#Cc2ccccc2)c1. The van der Waals surface area contributed by atoms with E-state index in [1.165, 1.54) is 0 Å². The van der Waals surface area contributed by atoms with Crippen LogP contribution in [0.3, 0.4) is 0 Å². The van der Waals surface area contributed by atoms with Crippen molar-refractivity contribution in [2.75, 3.05) is 6.54 Å². The van der Waals surface area contributed by atoms with Gasteiger partial charge < -0.3 is 5.32 Å². The molecule has 0 radical (unpaired) electrons. The zero-order chi connectivity index (χ0) is 21.3. The van der Waals surface area contributed by atoms with Crippen LogP contribution in [0.5, 0.6) is 0 Å². The summed E-state index contributed by atoms with van der Waals surface area (Å²) in [4.78, 5) is 15.7. The lowest BCUT2D eigenvalue weighted by Gasteiger charge is -2.09. The highest BCUT2D eigenvalue weighted by molar-refractivity contribution is 5.95. The molecular formula is C27H24N3O+. The van der Waals surface area contributed by atoms with Crippen molar-refractivity contribution in [3.8, 4) is 23.0 Å². The van der Waals surface area contributed by atoms with Gasteiger partial charge in [0.1, 0.15) is 12.4 Å². The first kappa shape index (κ1) is 20.2. The molecule has 4 rings (SSSR count). The maximum atomic E-state index is 12.7. The second-order valence-corrected chi connectivity index (χ2v) is 7.20. The second kappa shape index (κ2) is 10.1. The fourth-order valence-corrected chi connectivity index (χ4v) is 3.34. The van der Waals surface area contributed by atoms with Crippen molar-refractivity contribution in [3.05, 3.63) is 114 Å². The van der Waals surface area contributed by atoms with Crippen LogP contribution in [0.25, 0.3) is 11.1 Å². The zero-order valence-electron chi connectivity index (χ0n) is 17.2. The molecule has 152 valence electrons. The summed E-state index contributed by atoms with van der Waals surface area (Å²) in [7, 11) is 0. The van der Waals surface area contributed by atoms with Crippen LogP contribution in [-0.2, 0) is 6.54 Å². The van der Waals surface area contributed by atoms with E-state index in [0.717, 1.165) is 35.2 Å². The maximum absolute atomic E-state index is 12.7. The fourth-order valence-electron chi connectivity index (χ4n) is 3.34. The van der Waals surface area contributed by atoms with Gasteiger partial charge in [0.2, 0.25) is 6.33 Å². The van der Waals surface area contributed by atoms with E-state index in [1.54, 1.807) is 0 Å². The molecule has 31 heavy (non-hydrogen) atoms. The van der Waals surface area contributed by atoms with E-state index in [2.05, 4.69) is 38.8 Å². The first-order valence-electron chi connectivity index (χ1n) is 10.4. The molecule has 1 heterocycles. The third-order valence-corrected chi connectivity index (χ3v) is 4.96. The molecule has 0 spiro atoms. The minimum atomic E-state index is -0.0820. The van der Waals surface area contributed by atoms with Gasteiger partial charge in [0, 0.05) is 29.7 Å². The number of amides is 1. The summed E-state index contributed by atoms with van der Waals surface area (Å²) < 4.78 is 2.05. The van der Waals surface area contributed by atoms with Crippen LogP contribution in [0, 0.1) is 11.8 Å². The van der Waals surface area contributed by atoms with Gasteiger partial charge in [-0.1, -0.05) is 66.4 Å². The largest absolute Gasteiger partial charge is 0.352 e. The molecule has 1 aromatic heterocycles. The third-order valence-electron chi connectivity index (χ3n) is 4.96. The monoisotopic (exact) mass is 406 g/mol. The normalized spacial score (nSPS) is 10.2. The lowest BCUT2D eigenvalue weighted by atomic mass is 9.97.